The molecule has 0 N–H and O–H groups in total. The van der Waals surface area contributed by atoms with Crippen molar-refractivity contribution in [2.75, 3.05) is 18.1 Å². The number of thioether (sulfide) groups is 2. The zero-order valence-electron chi connectivity index (χ0n) is 12.2. The largest absolute Gasteiger partial charge is 0.287 e. The molecule has 0 aromatic rings. The first-order valence-corrected chi connectivity index (χ1v) is 9.15. The lowest BCUT2D eigenvalue weighted by molar-refractivity contribution is 0.200. The molecule has 0 atom stereocenters. The Hall–Kier alpha value is 0.220. The Balaban J connectivity index is 2.20. The summed E-state index contributed by atoms with van der Waals surface area (Å²) in [5.74, 6) is 9.39. The highest BCUT2D eigenvalue weighted by Crippen LogP contribution is 2.33. The van der Waals surface area contributed by atoms with Crippen LogP contribution in [0.5, 0.6) is 0 Å². The molecule has 0 bridgehead atoms. The summed E-state index contributed by atoms with van der Waals surface area (Å²) < 4.78 is 0.805. The molecule has 0 aromatic heterocycles. The maximum absolute atomic E-state index is 3.35. The Morgan fingerprint density at radius 2 is 1.67 bits per heavy atom. The van der Waals surface area contributed by atoms with E-state index in [4.69, 9.17) is 0 Å². The Morgan fingerprint density at radius 1 is 1.06 bits per heavy atom. The third kappa shape index (κ3) is 6.41. The van der Waals surface area contributed by atoms with Gasteiger partial charge in [-0.25, -0.2) is 0 Å². The highest BCUT2D eigenvalue weighted by Gasteiger charge is 2.13. The zero-order chi connectivity index (χ0) is 13.4. The number of nitrogens with zero attached hydrogens (tertiary/aromatic N) is 1. The first-order valence-electron chi connectivity index (χ1n) is 7.06. The van der Waals surface area contributed by atoms with Gasteiger partial charge in [0.2, 0.25) is 0 Å². The Morgan fingerprint density at radius 3 is 2.22 bits per heavy atom. The molecule has 0 unspecified atom stereocenters. The van der Waals surface area contributed by atoms with Gasteiger partial charge in [0.25, 0.3) is 0 Å². The van der Waals surface area contributed by atoms with E-state index in [1.54, 1.807) is 0 Å². The van der Waals surface area contributed by atoms with Gasteiger partial charge in [-0.2, -0.15) is 0 Å². The predicted octanol–water partition coefficient (Wildman–Crippen LogP) is 4.09. The Labute approximate surface area is 122 Å². The highest BCUT2D eigenvalue weighted by molar-refractivity contribution is 8.17. The fraction of sp³-hybridized carbons (Fsp3) is 0.867. The average molecular weight is 286 g/mol. The first-order chi connectivity index (χ1) is 8.61. The fourth-order valence-electron chi connectivity index (χ4n) is 2.09. The standard InChI is InChI=1S/C15H27NS2/c1-13(2)16(14(3)4)10-7-5-6-9-15-17-11-8-12-18-15/h13-15H,6,8-12H2,1-4H3. The molecule has 1 rings (SSSR count). The third-order valence-corrected chi connectivity index (χ3v) is 6.19. The smallest absolute Gasteiger partial charge is 0.0606 e. The van der Waals surface area contributed by atoms with E-state index in [9.17, 15) is 0 Å². The summed E-state index contributed by atoms with van der Waals surface area (Å²) >= 11 is 4.24. The van der Waals surface area contributed by atoms with E-state index < -0.39 is 0 Å². The van der Waals surface area contributed by atoms with Gasteiger partial charge in [-0.3, -0.25) is 4.90 Å². The van der Waals surface area contributed by atoms with E-state index in [1.807, 2.05) is 0 Å². The van der Waals surface area contributed by atoms with Crippen LogP contribution < -0.4 is 0 Å². The molecular formula is C15H27NS2. The Kier molecular flexibility index (Phi) is 8.30. The van der Waals surface area contributed by atoms with E-state index in [2.05, 4.69) is 68.0 Å². The van der Waals surface area contributed by atoms with Crippen molar-refractivity contribution in [1.82, 2.24) is 4.90 Å². The van der Waals surface area contributed by atoms with Crippen molar-refractivity contribution in [2.24, 2.45) is 0 Å². The number of hydrogen-bond donors (Lipinski definition) is 0. The van der Waals surface area contributed by atoms with Crippen LogP contribution >= 0.6 is 23.5 Å². The highest BCUT2D eigenvalue weighted by atomic mass is 32.2. The van der Waals surface area contributed by atoms with E-state index in [0.29, 0.717) is 12.1 Å². The van der Waals surface area contributed by atoms with Gasteiger partial charge in [-0.05, 0) is 52.0 Å². The second-order valence-electron chi connectivity index (χ2n) is 5.28. The summed E-state index contributed by atoms with van der Waals surface area (Å²) in [4.78, 5) is 2.44. The topological polar surface area (TPSA) is 3.24 Å². The van der Waals surface area contributed by atoms with Crippen LogP contribution in [0.2, 0.25) is 0 Å². The van der Waals surface area contributed by atoms with Crippen molar-refractivity contribution in [1.29, 1.82) is 0 Å². The fourth-order valence-corrected chi connectivity index (χ4v) is 4.95. The molecule has 0 aliphatic carbocycles. The van der Waals surface area contributed by atoms with Crippen LogP contribution in [0.1, 0.15) is 47.0 Å². The predicted molar refractivity (Wildman–Crippen MR) is 87.3 cm³/mol. The van der Waals surface area contributed by atoms with Crippen LogP contribution in [0.3, 0.4) is 0 Å². The summed E-state index contributed by atoms with van der Waals surface area (Å²) in [6, 6.07) is 1.17. The second-order valence-corrected chi connectivity index (χ2v) is 8.20. The zero-order valence-corrected chi connectivity index (χ0v) is 13.9. The molecule has 1 fully saturated rings. The molecular weight excluding hydrogens is 258 g/mol. The molecule has 1 aliphatic rings. The van der Waals surface area contributed by atoms with Crippen LogP contribution in [-0.2, 0) is 0 Å². The normalized spacial score (nSPS) is 17.3. The summed E-state index contributed by atoms with van der Waals surface area (Å²) in [6.45, 7) is 9.90. The molecule has 0 aromatic carbocycles. The second kappa shape index (κ2) is 9.18. The molecule has 1 nitrogen and oxygen atoms in total. The minimum absolute atomic E-state index is 0.587. The SMILES string of the molecule is CC(C)N(CC#CCCC1SCCCS1)C(C)C. The molecule has 104 valence electrons. The van der Waals surface area contributed by atoms with Crippen LogP contribution in [0.4, 0.5) is 0 Å². The third-order valence-electron chi connectivity index (χ3n) is 3.11. The number of hydrogen-bond acceptors (Lipinski definition) is 3. The summed E-state index contributed by atoms with van der Waals surface area (Å²) in [5.41, 5.74) is 0. The van der Waals surface area contributed by atoms with Gasteiger partial charge < -0.3 is 0 Å². The van der Waals surface area contributed by atoms with Crippen LogP contribution in [0, 0.1) is 11.8 Å². The molecule has 0 saturated carbocycles. The van der Waals surface area contributed by atoms with Crippen LogP contribution in [-0.4, -0.2) is 39.6 Å². The van der Waals surface area contributed by atoms with Gasteiger partial charge in [-0.1, -0.05) is 5.92 Å². The number of rotatable bonds is 5. The molecule has 1 saturated heterocycles. The minimum Gasteiger partial charge on any atom is -0.287 e. The van der Waals surface area contributed by atoms with Crippen molar-refractivity contribution < 1.29 is 0 Å². The van der Waals surface area contributed by atoms with Crippen molar-refractivity contribution in [3.05, 3.63) is 0 Å². The molecule has 1 aliphatic heterocycles. The maximum Gasteiger partial charge on any atom is 0.0606 e. The van der Waals surface area contributed by atoms with E-state index in [1.165, 1.54) is 24.3 Å². The first kappa shape index (κ1) is 16.3. The summed E-state index contributed by atoms with van der Waals surface area (Å²) in [6.07, 6.45) is 3.70. The van der Waals surface area contributed by atoms with Gasteiger partial charge in [0, 0.05) is 18.5 Å². The van der Waals surface area contributed by atoms with Gasteiger partial charge in [0.15, 0.2) is 0 Å². The average Bonchev–Trinajstić information content (AvgIpc) is 2.34. The molecule has 0 spiro atoms. The summed E-state index contributed by atoms with van der Waals surface area (Å²) in [7, 11) is 0. The summed E-state index contributed by atoms with van der Waals surface area (Å²) in [5, 5.41) is 0. The maximum atomic E-state index is 3.35. The molecule has 0 radical (unpaired) electrons. The lowest BCUT2D eigenvalue weighted by atomic mass is 10.2. The van der Waals surface area contributed by atoms with Gasteiger partial charge in [-0.15, -0.1) is 29.4 Å². The molecule has 0 amide bonds. The van der Waals surface area contributed by atoms with E-state index in [-0.39, 0.29) is 0 Å². The van der Waals surface area contributed by atoms with Crippen molar-refractivity contribution in [3.8, 4) is 11.8 Å². The van der Waals surface area contributed by atoms with Gasteiger partial charge >= 0.3 is 0 Å². The van der Waals surface area contributed by atoms with Crippen molar-refractivity contribution in [3.63, 3.8) is 0 Å². The van der Waals surface area contributed by atoms with Gasteiger partial charge in [0.05, 0.1) is 11.1 Å². The monoisotopic (exact) mass is 285 g/mol. The van der Waals surface area contributed by atoms with Crippen LogP contribution in [0.25, 0.3) is 0 Å². The van der Waals surface area contributed by atoms with Crippen LogP contribution in [0.15, 0.2) is 0 Å². The lowest BCUT2D eigenvalue weighted by Crippen LogP contribution is -2.37. The van der Waals surface area contributed by atoms with E-state index >= 15 is 0 Å². The quantitative estimate of drug-likeness (QED) is 0.701. The minimum atomic E-state index is 0.587. The van der Waals surface area contributed by atoms with E-state index in [0.717, 1.165) is 17.5 Å². The molecule has 1 heterocycles. The Bertz CT molecular complexity index is 264. The van der Waals surface area contributed by atoms with Crippen molar-refractivity contribution in [2.45, 2.75) is 63.6 Å². The molecule has 3 heteroatoms. The lowest BCUT2D eigenvalue weighted by Gasteiger charge is -2.28. The van der Waals surface area contributed by atoms with Crippen molar-refractivity contribution >= 4 is 23.5 Å². The van der Waals surface area contributed by atoms with Gasteiger partial charge in [0.1, 0.15) is 0 Å². The molecule has 18 heavy (non-hydrogen) atoms.